The Balaban J connectivity index is 3.55. The molecule has 0 aliphatic heterocycles. The van der Waals surface area contributed by atoms with Crippen molar-refractivity contribution in [1.29, 1.82) is 0 Å². The largest absolute Gasteiger partial charge is 0.122 e. The van der Waals surface area contributed by atoms with Crippen LogP contribution in [0.3, 0.4) is 0 Å². The van der Waals surface area contributed by atoms with Crippen LogP contribution in [0.25, 0.3) is 0 Å². The summed E-state index contributed by atoms with van der Waals surface area (Å²) in [5.74, 6) is 0. The lowest BCUT2D eigenvalue weighted by Crippen LogP contribution is -1.66. The molecule has 0 N–H and O–H groups in total. The Kier molecular flexibility index (Phi) is 8.52. The predicted molar refractivity (Wildman–Crippen MR) is 57.6 cm³/mol. The van der Waals surface area contributed by atoms with Crippen molar-refractivity contribution in [2.45, 2.75) is 19.8 Å². The number of hydrogen-bond acceptors (Lipinski definition) is 3. The van der Waals surface area contributed by atoms with Crippen LogP contribution in [0.4, 0.5) is 0 Å². The summed E-state index contributed by atoms with van der Waals surface area (Å²) in [6.45, 7) is 2.21. The van der Waals surface area contributed by atoms with Crippen LogP contribution < -0.4 is 0 Å². The third-order valence-electron chi connectivity index (χ3n) is 0.966. The first kappa shape index (κ1) is 10.8. The van der Waals surface area contributed by atoms with Gasteiger partial charge in [-0.3, -0.25) is 0 Å². The number of rotatable bonds is 5. The molecule has 0 saturated heterocycles. The SMILES string of the molecule is CCC/C=C(\SC)SSC. The molecule has 60 valence electrons. The summed E-state index contributed by atoms with van der Waals surface area (Å²) in [5.41, 5.74) is 0. The molecule has 0 aromatic heterocycles. The van der Waals surface area contributed by atoms with Crippen molar-refractivity contribution in [2.75, 3.05) is 12.5 Å². The fourth-order valence-electron chi connectivity index (χ4n) is 0.496. The quantitative estimate of drug-likeness (QED) is 0.607. The molecule has 0 nitrogen and oxygen atoms in total. The van der Waals surface area contributed by atoms with Crippen LogP contribution in [0.1, 0.15) is 19.8 Å². The minimum absolute atomic E-state index is 1.21. The lowest BCUT2D eigenvalue weighted by molar-refractivity contribution is 0.959. The molecular formula is C7H14S3. The Hall–Kier alpha value is 0.790. The molecule has 0 radical (unpaired) electrons. The van der Waals surface area contributed by atoms with Crippen LogP contribution in [0.15, 0.2) is 10.3 Å². The van der Waals surface area contributed by atoms with Gasteiger partial charge in [0.25, 0.3) is 0 Å². The zero-order chi connectivity index (χ0) is 7.82. The molecule has 0 aromatic carbocycles. The van der Waals surface area contributed by atoms with Crippen molar-refractivity contribution in [3.05, 3.63) is 10.3 Å². The Morgan fingerprint density at radius 1 is 1.40 bits per heavy atom. The van der Waals surface area contributed by atoms with Gasteiger partial charge in [-0.05, 0) is 18.9 Å². The van der Waals surface area contributed by atoms with Gasteiger partial charge in [-0.1, -0.05) is 41.0 Å². The third-order valence-corrected chi connectivity index (χ3v) is 4.14. The first-order valence-corrected chi connectivity index (χ1v) is 7.08. The zero-order valence-corrected chi connectivity index (χ0v) is 9.17. The first-order chi connectivity index (χ1) is 4.85. The van der Waals surface area contributed by atoms with Gasteiger partial charge in [0.15, 0.2) is 0 Å². The van der Waals surface area contributed by atoms with Gasteiger partial charge in [-0.15, -0.1) is 11.8 Å². The standard InChI is InChI=1S/C7H14S3/c1-4-5-6-7(8-2)10-9-3/h6H,4-5H2,1-3H3/b7-6+. The van der Waals surface area contributed by atoms with Gasteiger partial charge in [-0.2, -0.15) is 0 Å². The van der Waals surface area contributed by atoms with Gasteiger partial charge >= 0.3 is 0 Å². The van der Waals surface area contributed by atoms with E-state index in [0.717, 1.165) is 0 Å². The van der Waals surface area contributed by atoms with Gasteiger partial charge in [0.05, 0.1) is 0 Å². The van der Waals surface area contributed by atoms with Crippen LogP contribution in [0.5, 0.6) is 0 Å². The molecule has 0 heterocycles. The molecule has 0 fully saturated rings. The van der Waals surface area contributed by atoms with Crippen LogP contribution >= 0.6 is 33.3 Å². The van der Waals surface area contributed by atoms with Crippen molar-refractivity contribution < 1.29 is 0 Å². The van der Waals surface area contributed by atoms with Crippen molar-refractivity contribution in [1.82, 2.24) is 0 Å². The molecule has 0 rings (SSSR count). The van der Waals surface area contributed by atoms with Crippen molar-refractivity contribution in [3.8, 4) is 0 Å². The maximum absolute atomic E-state index is 2.31. The monoisotopic (exact) mass is 194 g/mol. The summed E-state index contributed by atoms with van der Waals surface area (Å²) in [5, 5.41) is 0. The van der Waals surface area contributed by atoms with Crippen LogP contribution in [0.2, 0.25) is 0 Å². The van der Waals surface area contributed by atoms with E-state index < -0.39 is 0 Å². The molecule has 0 aliphatic rings. The molecular weight excluding hydrogens is 180 g/mol. The number of thioether (sulfide) groups is 1. The Labute approximate surface area is 76.0 Å². The van der Waals surface area contributed by atoms with Crippen molar-refractivity contribution in [2.24, 2.45) is 0 Å². The van der Waals surface area contributed by atoms with E-state index in [1.54, 1.807) is 0 Å². The Morgan fingerprint density at radius 3 is 2.50 bits per heavy atom. The fraction of sp³-hybridized carbons (Fsp3) is 0.714. The maximum atomic E-state index is 2.31. The van der Waals surface area contributed by atoms with Crippen LogP contribution in [0, 0.1) is 0 Å². The van der Waals surface area contributed by atoms with E-state index in [1.807, 2.05) is 33.3 Å². The molecule has 0 unspecified atom stereocenters. The molecule has 0 amide bonds. The van der Waals surface area contributed by atoms with Gasteiger partial charge in [0.1, 0.15) is 0 Å². The lowest BCUT2D eigenvalue weighted by Gasteiger charge is -1.98. The highest BCUT2D eigenvalue weighted by Crippen LogP contribution is 2.34. The predicted octanol–water partition coefficient (Wildman–Crippen LogP) is 4.00. The van der Waals surface area contributed by atoms with Gasteiger partial charge in [-0.25, -0.2) is 0 Å². The molecule has 10 heavy (non-hydrogen) atoms. The first-order valence-electron chi connectivity index (χ1n) is 3.30. The topological polar surface area (TPSA) is 0 Å². The summed E-state index contributed by atoms with van der Waals surface area (Å²) in [4.78, 5) is 0. The minimum atomic E-state index is 1.21. The average Bonchev–Trinajstić information content (AvgIpc) is 1.98. The molecule has 0 bridgehead atoms. The summed E-state index contributed by atoms with van der Waals surface area (Å²) in [6, 6.07) is 0. The van der Waals surface area contributed by atoms with E-state index in [-0.39, 0.29) is 0 Å². The van der Waals surface area contributed by atoms with Crippen molar-refractivity contribution >= 4 is 33.3 Å². The normalized spacial score (nSPS) is 12.1. The molecule has 0 spiro atoms. The van der Waals surface area contributed by atoms with E-state index in [9.17, 15) is 0 Å². The second kappa shape index (κ2) is 7.89. The van der Waals surface area contributed by atoms with E-state index in [4.69, 9.17) is 0 Å². The molecule has 0 aromatic rings. The van der Waals surface area contributed by atoms with Gasteiger partial charge < -0.3 is 0 Å². The second-order valence-corrected chi connectivity index (χ2v) is 5.31. The lowest BCUT2D eigenvalue weighted by atomic mass is 10.3. The van der Waals surface area contributed by atoms with Crippen LogP contribution in [-0.4, -0.2) is 12.5 Å². The van der Waals surface area contributed by atoms with Crippen LogP contribution in [-0.2, 0) is 0 Å². The third kappa shape index (κ3) is 5.57. The number of hydrogen-bond donors (Lipinski definition) is 0. The molecule has 0 saturated carbocycles. The second-order valence-electron chi connectivity index (χ2n) is 1.77. The average molecular weight is 194 g/mol. The summed E-state index contributed by atoms with van der Waals surface area (Å²) < 4.78 is 1.44. The smallest absolute Gasteiger partial charge is 0.0467 e. The van der Waals surface area contributed by atoms with E-state index in [2.05, 4.69) is 25.5 Å². The Bertz CT molecular complexity index is 99.0. The van der Waals surface area contributed by atoms with Gasteiger partial charge in [0.2, 0.25) is 0 Å². The zero-order valence-electron chi connectivity index (χ0n) is 6.72. The maximum Gasteiger partial charge on any atom is 0.0467 e. The fourth-order valence-corrected chi connectivity index (χ4v) is 3.32. The highest BCUT2D eigenvalue weighted by atomic mass is 33.1. The molecule has 3 heteroatoms. The van der Waals surface area contributed by atoms with E-state index in [0.29, 0.717) is 0 Å². The van der Waals surface area contributed by atoms with E-state index in [1.165, 1.54) is 17.1 Å². The Morgan fingerprint density at radius 2 is 2.10 bits per heavy atom. The molecule has 0 atom stereocenters. The minimum Gasteiger partial charge on any atom is -0.122 e. The summed E-state index contributed by atoms with van der Waals surface area (Å²) >= 11 is 1.84. The van der Waals surface area contributed by atoms with Gasteiger partial charge in [0, 0.05) is 4.24 Å². The highest BCUT2D eigenvalue weighted by molar-refractivity contribution is 8.79. The number of allylic oxidation sites excluding steroid dienone is 1. The highest BCUT2D eigenvalue weighted by Gasteiger charge is 1.92. The number of unbranched alkanes of at least 4 members (excludes halogenated alkanes) is 1. The summed E-state index contributed by atoms with van der Waals surface area (Å²) in [7, 11) is 3.67. The summed E-state index contributed by atoms with van der Waals surface area (Å²) in [6.07, 6.45) is 9.01. The molecule has 0 aliphatic carbocycles. The van der Waals surface area contributed by atoms with Crippen molar-refractivity contribution in [3.63, 3.8) is 0 Å². The van der Waals surface area contributed by atoms with E-state index >= 15 is 0 Å².